The van der Waals surface area contributed by atoms with Gasteiger partial charge < -0.3 is 11.1 Å². The zero-order valence-electron chi connectivity index (χ0n) is 12.8. The third kappa shape index (κ3) is 4.09. The molecule has 19 heavy (non-hydrogen) atoms. The van der Waals surface area contributed by atoms with Crippen LogP contribution in [0.25, 0.3) is 0 Å². The second kappa shape index (κ2) is 8.11. The molecule has 0 spiro atoms. The maximum absolute atomic E-state index is 12.4. The second-order valence-corrected chi connectivity index (χ2v) is 5.98. The molecule has 4 heteroatoms. The largest absolute Gasteiger partial charge is 0.355 e. The van der Waals surface area contributed by atoms with Crippen LogP contribution in [0, 0.1) is 10.8 Å². The maximum atomic E-state index is 12.4. The van der Waals surface area contributed by atoms with Crippen LogP contribution in [-0.2, 0) is 4.79 Å². The maximum Gasteiger partial charge on any atom is 0.227 e. The molecule has 0 aliphatic heterocycles. The van der Waals surface area contributed by atoms with E-state index in [0.717, 1.165) is 19.4 Å². The van der Waals surface area contributed by atoms with E-state index in [1.54, 1.807) is 0 Å². The summed E-state index contributed by atoms with van der Waals surface area (Å²) in [5.74, 6) is 0.164. The Kier molecular flexibility index (Phi) is 7.99. The predicted molar refractivity (Wildman–Crippen MR) is 83.5 cm³/mol. The van der Waals surface area contributed by atoms with Crippen LogP contribution >= 0.6 is 12.4 Å². The summed E-state index contributed by atoms with van der Waals surface area (Å²) in [6.07, 6.45) is 7.96. The van der Waals surface area contributed by atoms with E-state index in [-0.39, 0.29) is 23.7 Å². The predicted octanol–water partition coefficient (Wildman–Crippen LogP) is 3.26. The van der Waals surface area contributed by atoms with E-state index in [4.69, 9.17) is 5.73 Å². The third-order valence-corrected chi connectivity index (χ3v) is 5.04. The van der Waals surface area contributed by atoms with Gasteiger partial charge in [0, 0.05) is 13.1 Å². The van der Waals surface area contributed by atoms with Crippen LogP contribution < -0.4 is 11.1 Å². The van der Waals surface area contributed by atoms with E-state index in [0.29, 0.717) is 12.0 Å². The first-order chi connectivity index (χ1) is 8.58. The molecule has 1 aliphatic carbocycles. The molecule has 3 nitrogen and oxygen atoms in total. The van der Waals surface area contributed by atoms with Gasteiger partial charge >= 0.3 is 0 Å². The molecule has 114 valence electrons. The Bertz CT molecular complexity index is 265. The van der Waals surface area contributed by atoms with Gasteiger partial charge in [-0.1, -0.05) is 33.6 Å². The fourth-order valence-electron chi connectivity index (χ4n) is 3.13. The van der Waals surface area contributed by atoms with Gasteiger partial charge in [0.25, 0.3) is 0 Å². The fourth-order valence-corrected chi connectivity index (χ4v) is 3.13. The van der Waals surface area contributed by atoms with Crippen molar-refractivity contribution in [2.24, 2.45) is 16.6 Å². The number of hydrogen-bond donors (Lipinski definition) is 2. The Labute approximate surface area is 124 Å². The summed E-state index contributed by atoms with van der Waals surface area (Å²) in [5, 5.41) is 3.18. The molecule has 0 aromatic carbocycles. The molecular formula is C15H31ClN2O. The van der Waals surface area contributed by atoms with Gasteiger partial charge in [0.05, 0.1) is 5.41 Å². The Hall–Kier alpha value is -0.280. The molecule has 0 heterocycles. The van der Waals surface area contributed by atoms with Crippen molar-refractivity contribution < 1.29 is 4.79 Å². The highest BCUT2D eigenvalue weighted by molar-refractivity contribution is 5.85. The van der Waals surface area contributed by atoms with Gasteiger partial charge in [-0.05, 0) is 37.5 Å². The number of nitrogens with one attached hydrogen (secondary N) is 1. The Morgan fingerprint density at radius 2 is 1.84 bits per heavy atom. The molecule has 0 radical (unpaired) electrons. The lowest BCUT2D eigenvalue weighted by atomic mass is 9.66. The van der Waals surface area contributed by atoms with E-state index in [1.807, 2.05) is 0 Å². The highest BCUT2D eigenvalue weighted by atomic mass is 35.5. The molecule has 1 rings (SSSR count). The minimum Gasteiger partial charge on any atom is -0.355 e. The number of carbonyl (C=O) groups excluding carboxylic acids is 1. The summed E-state index contributed by atoms with van der Waals surface area (Å²) in [6.45, 7) is 7.64. The molecule has 0 bridgehead atoms. The molecule has 3 N–H and O–H groups in total. The monoisotopic (exact) mass is 290 g/mol. The second-order valence-electron chi connectivity index (χ2n) is 5.98. The van der Waals surface area contributed by atoms with Crippen molar-refractivity contribution in [3.05, 3.63) is 0 Å². The minimum atomic E-state index is -0.350. The molecule has 1 saturated carbocycles. The Balaban J connectivity index is 0.00000324. The smallest absolute Gasteiger partial charge is 0.227 e. The number of halogens is 1. The minimum absolute atomic E-state index is 0. The van der Waals surface area contributed by atoms with Gasteiger partial charge in [-0.15, -0.1) is 12.4 Å². The van der Waals surface area contributed by atoms with Gasteiger partial charge in [0.2, 0.25) is 5.91 Å². The van der Waals surface area contributed by atoms with Crippen LogP contribution in [0.4, 0.5) is 0 Å². The number of hydrogen-bond acceptors (Lipinski definition) is 2. The van der Waals surface area contributed by atoms with Gasteiger partial charge in [-0.3, -0.25) is 4.79 Å². The number of rotatable bonds is 8. The van der Waals surface area contributed by atoms with Crippen molar-refractivity contribution in [3.8, 4) is 0 Å². The van der Waals surface area contributed by atoms with Crippen LogP contribution in [0.2, 0.25) is 0 Å². The van der Waals surface area contributed by atoms with E-state index in [9.17, 15) is 4.79 Å². The average Bonchev–Trinajstić information content (AvgIpc) is 2.35. The quantitative estimate of drug-likeness (QED) is 0.721. The van der Waals surface area contributed by atoms with Crippen LogP contribution in [-0.4, -0.2) is 19.0 Å². The van der Waals surface area contributed by atoms with E-state index in [1.165, 1.54) is 32.1 Å². The number of carbonyl (C=O) groups is 1. The molecule has 1 fully saturated rings. The number of nitrogens with two attached hydrogens (primary N) is 1. The van der Waals surface area contributed by atoms with E-state index >= 15 is 0 Å². The average molecular weight is 291 g/mol. The highest BCUT2D eigenvalue weighted by Crippen LogP contribution is 2.44. The lowest BCUT2D eigenvalue weighted by molar-refractivity contribution is -0.132. The summed E-state index contributed by atoms with van der Waals surface area (Å²) < 4.78 is 0. The van der Waals surface area contributed by atoms with E-state index < -0.39 is 0 Å². The summed E-state index contributed by atoms with van der Waals surface area (Å²) >= 11 is 0. The topological polar surface area (TPSA) is 55.1 Å². The molecule has 0 unspecified atom stereocenters. The molecular weight excluding hydrogens is 260 g/mol. The normalized spacial score (nSPS) is 17.3. The summed E-state index contributed by atoms with van der Waals surface area (Å²) in [7, 11) is 0. The van der Waals surface area contributed by atoms with Crippen LogP contribution in [0.5, 0.6) is 0 Å². The van der Waals surface area contributed by atoms with Crippen molar-refractivity contribution in [3.63, 3.8) is 0 Å². The van der Waals surface area contributed by atoms with Crippen LogP contribution in [0.1, 0.15) is 65.7 Å². The van der Waals surface area contributed by atoms with Crippen molar-refractivity contribution in [1.29, 1.82) is 0 Å². The van der Waals surface area contributed by atoms with Gasteiger partial charge in [0.15, 0.2) is 0 Å². The lowest BCUT2D eigenvalue weighted by Crippen LogP contribution is -2.50. The first kappa shape index (κ1) is 18.7. The standard InChI is InChI=1S/C15H30N2O.ClH/c1-4-8-14(9-7-10-14)12-17-13(18)15(5-2,6-3)11-16;/h4-12,16H2,1-3H3,(H,17,18);1H. The van der Waals surface area contributed by atoms with Gasteiger partial charge in [-0.25, -0.2) is 0 Å². The third-order valence-electron chi connectivity index (χ3n) is 5.04. The molecule has 0 aromatic rings. The lowest BCUT2D eigenvalue weighted by Gasteiger charge is -2.43. The first-order valence-electron chi connectivity index (χ1n) is 7.56. The van der Waals surface area contributed by atoms with Gasteiger partial charge in [-0.2, -0.15) is 0 Å². The fraction of sp³-hybridized carbons (Fsp3) is 0.933. The van der Waals surface area contributed by atoms with Gasteiger partial charge in [0.1, 0.15) is 0 Å². The van der Waals surface area contributed by atoms with Crippen LogP contribution in [0.3, 0.4) is 0 Å². The van der Waals surface area contributed by atoms with Crippen molar-refractivity contribution >= 4 is 18.3 Å². The van der Waals surface area contributed by atoms with Crippen molar-refractivity contribution in [2.75, 3.05) is 13.1 Å². The Morgan fingerprint density at radius 1 is 1.26 bits per heavy atom. The molecule has 0 saturated heterocycles. The highest BCUT2D eigenvalue weighted by Gasteiger charge is 2.39. The van der Waals surface area contributed by atoms with Crippen molar-refractivity contribution in [1.82, 2.24) is 5.32 Å². The summed E-state index contributed by atoms with van der Waals surface area (Å²) in [4.78, 5) is 12.4. The first-order valence-corrected chi connectivity index (χ1v) is 7.56. The zero-order valence-corrected chi connectivity index (χ0v) is 13.6. The van der Waals surface area contributed by atoms with Crippen molar-refractivity contribution in [2.45, 2.75) is 65.7 Å². The zero-order chi connectivity index (χ0) is 13.6. The SMILES string of the molecule is CCCC1(CNC(=O)C(CC)(CC)CN)CCC1.Cl. The summed E-state index contributed by atoms with van der Waals surface area (Å²) in [5.41, 5.74) is 5.86. The number of amides is 1. The molecule has 0 aromatic heterocycles. The Morgan fingerprint density at radius 3 is 2.16 bits per heavy atom. The van der Waals surface area contributed by atoms with Crippen LogP contribution in [0.15, 0.2) is 0 Å². The van der Waals surface area contributed by atoms with E-state index in [2.05, 4.69) is 26.1 Å². The summed E-state index contributed by atoms with van der Waals surface area (Å²) in [6, 6.07) is 0. The molecule has 0 atom stereocenters. The molecule has 1 aliphatic rings. The molecule has 1 amide bonds.